The first kappa shape index (κ1) is 13.1. The Morgan fingerprint density at radius 3 is 2.63 bits per heavy atom. The normalized spacial score (nSPS) is 11.7. The van der Waals surface area contributed by atoms with Gasteiger partial charge in [0.25, 0.3) is 0 Å². The zero-order valence-corrected chi connectivity index (χ0v) is 11.3. The molecule has 0 amide bonds. The van der Waals surface area contributed by atoms with Crippen molar-refractivity contribution in [2.75, 3.05) is 19.5 Å². The molecule has 0 radical (unpaired) electrons. The lowest BCUT2D eigenvalue weighted by Crippen LogP contribution is -2.10. The largest absolute Gasteiger partial charge is 0.496 e. The van der Waals surface area contributed by atoms with E-state index in [9.17, 15) is 0 Å². The fraction of sp³-hybridized carbons (Fsp3) is 0.286. The number of aromatic nitrogens is 2. The van der Waals surface area contributed by atoms with Crippen LogP contribution in [0.25, 0.3) is 0 Å². The van der Waals surface area contributed by atoms with Crippen LogP contribution in [0.1, 0.15) is 18.5 Å². The Balaban J connectivity index is 2.18. The maximum atomic E-state index is 5.34. The van der Waals surface area contributed by atoms with E-state index in [1.54, 1.807) is 26.5 Å². The van der Waals surface area contributed by atoms with Crippen LogP contribution in [-0.2, 0) is 0 Å². The lowest BCUT2D eigenvalue weighted by molar-refractivity contribution is 0.397. The fourth-order valence-electron chi connectivity index (χ4n) is 1.82. The summed E-state index contributed by atoms with van der Waals surface area (Å²) in [5.41, 5.74) is 1.05. The lowest BCUT2D eigenvalue weighted by atomic mass is 10.1. The van der Waals surface area contributed by atoms with Crippen LogP contribution in [0.5, 0.6) is 11.6 Å². The molecule has 0 aliphatic rings. The van der Waals surface area contributed by atoms with E-state index < -0.39 is 0 Å². The van der Waals surface area contributed by atoms with Gasteiger partial charge in [0.15, 0.2) is 0 Å². The Morgan fingerprint density at radius 2 is 1.89 bits per heavy atom. The summed E-state index contributed by atoms with van der Waals surface area (Å²) in [7, 11) is 3.24. The molecule has 0 aliphatic carbocycles. The van der Waals surface area contributed by atoms with Crippen LogP contribution in [0.3, 0.4) is 0 Å². The summed E-state index contributed by atoms with van der Waals surface area (Å²) in [5, 5.41) is 3.23. The number of hydrogen-bond donors (Lipinski definition) is 1. The van der Waals surface area contributed by atoms with Crippen LogP contribution in [0.2, 0.25) is 0 Å². The summed E-state index contributed by atoms with van der Waals surface area (Å²) in [6.07, 6.45) is 1.66. The molecule has 1 aromatic carbocycles. The van der Waals surface area contributed by atoms with E-state index in [-0.39, 0.29) is 6.04 Å². The van der Waals surface area contributed by atoms with E-state index in [0.29, 0.717) is 11.8 Å². The van der Waals surface area contributed by atoms with Crippen molar-refractivity contribution in [1.82, 2.24) is 9.97 Å². The van der Waals surface area contributed by atoms with Gasteiger partial charge in [-0.25, -0.2) is 4.98 Å². The maximum absolute atomic E-state index is 5.34. The quantitative estimate of drug-likeness (QED) is 0.894. The second-order valence-corrected chi connectivity index (χ2v) is 4.03. The highest BCUT2D eigenvalue weighted by atomic mass is 16.5. The van der Waals surface area contributed by atoms with Crippen molar-refractivity contribution in [2.45, 2.75) is 13.0 Å². The van der Waals surface area contributed by atoms with Crippen molar-refractivity contribution in [3.05, 3.63) is 42.1 Å². The Morgan fingerprint density at radius 1 is 1.11 bits per heavy atom. The number of rotatable bonds is 5. The van der Waals surface area contributed by atoms with Gasteiger partial charge in [-0.3, -0.25) is 0 Å². The summed E-state index contributed by atoms with van der Waals surface area (Å²) in [4.78, 5) is 8.39. The lowest BCUT2D eigenvalue weighted by Gasteiger charge is -2.17. The smallest absolute Gasteiger partial charge is 0.226 e. The number of ether oxygens (including phenoxy) is 2. The summed E-state index contributed by atoms with van der Waals surface area (Å²) in [6.45, 7) is 2.03. The fourth-order valence-corrected chi connectivity index (χ4v) is 1.82. The molecule has 19 heavy (non-hydrogen) atoms. The molecule has 5 heteroatoms. The molecule has 0 saturated carbocycles. The summed E-state index contributed by atoms with van der Waals surface area (Å²) < 4.78 is 10.4. The van der Waals surface area contributed by atoms with E-state index in [4.69, 9.17) is 9.47 Å². The molecule has 1 aromatic heterocycles. The number of methoxy groups -OCH3 is 2. The number of hydrogen-bond acceptors (Lipinski definition) is 5. The Kier molecular flexibility index (Phi) is 4.18. The molecule has 1 heterocycles. The number of nitrogens with zero attached hydrogens (tertiary/aromatic N) is 2. The summed E-state index contributed by atoms with van der Waals surface area (Å²) in [6, 6.07) is 9.60. The molecule has 0 aliphatic heterocycles. The first-order valence-electron chi connectivity index (χ1n) is 6.01. The molecule has 1 atom stereocenters. The minimum atomic E-state index is 0.0308. The molecule has 0 unspecified atom stereocenters. The number of para-hydroxylation sites is 1. The molecule has 0 spiro atoms. The van der Waals surface area contributed by atoms with Crippen LogP contribution in [0.15, 0.2) is 36.5 Å². The first-order valence-corrected chi connectivity index (χ1v) is 6.01. The molecule has 0 saturated heterocycles. The highest BCUT2D eigenvalue weighted by Gasteiger charge is 2.11. The molecule has 0 fully saturated rings. The van der Waals surface area contributed by atoms with Gasteiger partial charge in [0.05, 0.1) is 20.3 Å². The van der Waals surface area contributed by atoms with Gasteiger partial charge in [-0.1, -0.05) is 18.2 Å². The Hall–Kier alpha value is -2.30. The van der Waals surface area contributed by atoms with Gasteiger partial charge >= 0.3 is 0 Å². The first-order chi connectivity index (χ1) is 9.24. The molecule has 2 rings (SSSR count). The second kappa shape index (κ2) is 6.04. The molecule has 100 valence electrons. The van der Waals surface area contributed by atoms with Gasteiger partial charge < -0.3 is 14.8 Å². The predicted octanol–water partition coefficient (Wildman–Crippen LogP) is 2.67. The standard InChI is InChI=1S/C14H17N3O2/c1-10(11-6-4-5-7-12(11)18-2)16-14-15-9-8-13(17-14)19-3/h4-10H,1-3H3,(H,15,16,17)/t10-/m0/s1. The summed E-state index contributed by atoms with van der Waals surface area (Å²) in [5.74, 6) is 1.90. The number of anilines is 1. The van der Waals surface area contributed by atoms with Crippen LogP contribution in [0, 0.1) is 0 Å². The molecular formula is C14H17N3O2. The van der Waals surface area contributed by atoms with Crippen molar-refractivity contribution >= 4 is 5.95 Å². The van der Waals surface area contributed by atoms with Crippen LogP contribution in [0.4, 0.5) is 5.95 Å². The zero-order chi connectivity index (χ0) is 13.7. The monoisotopic (exact) mass is 259 g/mol. The van der Waals surface area contributed by atoms with E-state index >= 15 is 0 Å². The van der Waals surface area contributed by atoms with Gasteiger partial charge in [-0.2, -0.15) is 4.98 Å². The van der Waals surface area contributed by atoms with Crippen molar-refractivity contribution in [1.29, 1.82) is 0 Å². The van der Waals surface area contributed by atoms with E-state index in [1.807, 2.05) is 31.2 Å². The van der Waals surface area contributed by atoms with Crippen molar-refractivity contribution < 1.29 is 9.47 Å². The maximum Gasteiger partial charge on any atom is 0.226 e. The zero-order valence-electron chi connectivity index (χ0n) is 11.3. The Bertz CT molecular complexity index is 546. The molecular weight excluding hydrogens is 242 g/mol. The SMILES string of the molecule is COc1ccnc(N[C@@H](C)c2ccccc2OC)n1. The molecule has 1 N–H and O–H groups in total. The highest BCUT2D eigenvalue weighted by Crippen LogP contribution is 2.26. The third-order valence-corrected chi connectivity index (χ3v) is 2.79. The van der Waals surface area contributed by atoms with Crippen molar-refractivity contribution in [2.24, 2.45) is 0 Å². The van der Waals surface area contributed by atoms with Crippen LogP contribution in [-0.4, -0.2) is 24.2 Å². The van der Waals surface area contributed by atoms with Crippen LogP contribution < -0.4 is 14.8 Å². The van der Waals surface area contributed by atoms with Gasteiger partial charge in [0.1, 0.15) is 5.75 Å². The van der Waals surface area contributed by atoms with Gasteiger partial charge in [-0.15, -0.1) is 0 Å². The van der Waals surface area contributed by atoms with E-state index in [0.717, 1.165) is 11.3 Å². The molecule has 2 aromatic rings. The predicted molar refractivity (Wildman–Crippen MR) is 73.6 cm³/mol. The average molecular weight is 259 g/mol. The van der Waals surface area contributed by atoms with Gasteiger partial charge in [-0.05, 0) is 13.0 Å². The van der Waals surface area contributed by atoms with Gasteiger partial charge in [0, 0.05) is 17.8 Å². The summed E-state index contributed by atoms with van der Waals surface area (Å²) >= 11 is 0. The topological polar surface area (TPSA) is 56.3 Å². The minimum Gasteiger partial charge on any atom is -0.496 e. The molecule has 0 bridgehead atoms. The van der Waals surface area contributed by atoms with Crippen LogP contribution >= 0.6 is 0 Å². The van der Waals surface area contributed by atoms with Gasteiger partial charge in [0.2, 0.25) is 11.8 Å². The third-order valence-electron chi connectivity index (χ3n) is 2.79. The highest BCUT2D eigenvalue weighted by molar-refractivity contribution is 5.40. The molecule has 5 nitrogen and oxygen atoms in total. The van der Waals surface area contributed by atoms with Crippen molar-refractivity contribution in [3.8, 4) is 11.6 Å². The second-order valence-electron chi connectivity index (χ2n) is 4.03. The minimum absolute atomic E-state index is 0.0308. The Labute approximate surface area is 112 Å². The van der Waals surface area contributed by atoms with Crippen molar-refractivity contribution in [3.63, 3.8) is 0 Å². The number of nitrogens with one attached hydrogen (secondary N) is 1. The van der Waals surface area contributed by atoms with E-state index in [2.05, 4.69) is 15.3 Å². The average Bonchev–Trinajstić information content (AvgIpc) is 2.47. The third kappa shape index (κ3) is 3.13. The number of benzene rings is 1. The van der Waals surface area contributed by atoms with E-state index in [1.165, 1.54) is 0 Å².